The molecule has 0 spiro atoms. The standard InChI is InChI=1S/C10H17N/c1-11-5-9-7-2-3-8(4-7)10(9)6-11/h7-10H,2-6H2,1H3. The van der Waals surface area contributed by atoms with Gasteiger partial charge in [-0.05, 0) is 50.0 Å². The van der Waals surface area contributed by atoms with Gasteiger partial charge in [0, 0.05) is 13.1 Å². The maximum absolute atomic E-state index is 2.54. The lowest BCUT2D eigenvalue weighted by atomic mass is 9.82. The predicted octanol–water partition coefficient (Wildman–Crippen LogP) is 1.59. The Morgan fingerprint density at radius 1 is 1.00 bits per heavy atom. The van der Waals surface area contributed by atoms with Crippen molar-refractivity contribution >= 4 is 0 Å². The van der Waals surface area contributed by atoms with Gasteiger partial charge in [0.05, 0.1) is 0 Å². The molecule has 0 aromatic heterocycles. The minimum Gasteiger partial charge on any atom is -0.306 e. The predicted molar refractivity (Wildman–Crippen MR) is 45.3 cm³/mol. The minimum atomic E-state index is 1.11. The molecule has 4 atom stereocenters. The molecule has 2 bridgehead atoms. The summed E-state index contributed by atoms with van der Waals surface area (Å²) in [5.41, 5.74) is 0. The van der Waals surface area contributed by atoms with E-state index in [1.165, 1.54) is 13.1 Å². The highest BCUT2D eigenvalue weighted by Crippen LogP contribution is 2.54. The third-order valence-corrected chi connectivity index (χ3v) is 4.32. The fraction of sp³-hybridized carbons (Fsp3) is 1.00. The lowest BCUT2D eigenvalue weighted by molar-refractivity contribution is 0.281. The zero-order valence-corrected chi connectivity index (χ0v) is 7.29. The maximum atomic E-state index is 2.54. The Hall–Kier alpha value is -0.0400. The first-order valence-electron chi connectivity index (χ1n) is 5.03. The molecule has 1 nitrogen and oxygen atoms in total. The molecule has 1 heteroatoms. The molecule has 3 fully saturated rings. The van der Waals surface area contributed by atoms with Crippen molar-refractivity contribution in [3.63, 3.8) is 0 Å². The zero-order valence-electron chi connectivity index (χ0n) is 7.29. The van der Waals surface area contributed by atoms with Gasteiger partial charge < -0.3 is 4.90 Å². The van der Waals surface area contributed by atoms with Gasteiger partial charge in [0.2, 0.25) is 0 Å². The van der Waals surface area contributed by atoms with Crippen molar-refractivity contribution in [2.45, 2.75) is 19.3 Å². The highest BCUT2D eigenvalue weighted by molar-refractivity contribution is 5.01. The zero-order chi connectivity index (χ0) is 7.42. The molecule has 11 heavy (non-hydrogen) atoms. The van der Waals surface area contributed by atoms with Gasteiger partial charge in [-0.15, -0.1) is 0 Å². The lowest BCUT2D eigenvalue weighted by Crippen LogP contribution is -2.19. The van der Waals surface area contributed by atoms with Crippen LogP contribution in [0.3, 0.4) is 0 Å². The molecule has 0 aromatic carbocycles. The minimum absolute atomic E-state index is 1.11. The molecule has 2 saturated carbocycles. The second kappa shape index (κ2) is 2.01. The van der Waals surface area contributed by atoms with Crippen LogP contribution in [-0.2, 0) is 0 Å². The van der Waals surface area contributed by atoms with Crippen LogP contribution in [-0.4, -0.2) is 25.0 Å². The molecule has 3 rings (SSSR count). The van der Waals surface area contributed by atoms with Crippen LogP contribution in [0.25, 0.3) is 0 Å². The van der Waals surface area contributed by atoms with E-state index in [1.54, 1.807) is 19.3 Å². The van der Waals surface area contributed by atoms with Crippen molar-refractivity contribution in [3.8, 4) is 0 Å². The van der Waals surface area contributed by atoms with Crippen LogP contribution in [0.5, 0.6) is 0 Å². The van der Waals surface area contributed by atoms with E-state index in [0.717, 1.165) is 23.7 Å². The summed E-state index contributed by atoms with van der Waals surface area (Å²) in [7, 11) is 2.29. The molecule has 2 aliphatic carbocycles. The topological polar surface area (TPSA) is 3.24 Å². The van der Waals surface area contributed by atoms with Gasteiger partial charge in [0.1, 0.15) is 0 Å². The molecule has 4 unspecified atom stereocenters. The monoisotopic (exact) mass is 151 g/mol. The van der Waals surface area contributed by atoms with Crippen molar-refractivity contribution in [1.82, 2.24) is 4.90 Å². The first kappa shape index (κ1) is 6.47. The Balaban J connectivity index is 1.87. The van der Waals surface area contributed by atoms with Gasteiger partial charge in [-0.3, -0.25) is 0 Å². The Morgan fingerprint density at radius 2 is 1.55 bits per heavy atom. The molecule has 1 aliphatic heterocycles. The summed E-state index contributed by atoms with van der Waals surface area (Å²) in [6.45, 7) is 2.82. The van der Waals surface area contributed by atoms with Crippen LogP contribution in [0.15, 0.2) is 0 Å². The summed E-state index contributed by atoms with van der Waals surface area (Å²) in [6.07, 6.45) is 4.70. The largest absolute Gasteiger partial charge is 0.306 e. The quantitative estimate of drug-likeness (QED) is 0.508. The summed E-state index contributed by atoms with van der Waals surface area (Å²) < 4.78 is 0. The average molecular weight is 151 g/mol. The number of hydrogen-bond donors (Lipinski definition) is 0. The summed E-state index contributed by atoms with van der Waals surface area (Å²) in [5.74, 6) is 4.49. The fourth-order valence-electron chi connectivity index (χ4n) is 3.89. The van der Waals surface area contributed by atoms with E-state index in [0.29, 0.717) is 0 Å². The Kier molecular flexibility index (Phi) is 1.18. The smallest absolute Gasteiger partial charge is 0.00126 e. The Labute approximate surface area is 68.8 Å². The van der Waals surface area contributed by atoms with E-state index in [9.17, 15) is 0 Å². The summed E-state index contributed by atoms with van der Waals surface area (Å²) >= 11 is 0. The first-order chi connectivity index (χ1) is 5.34. The van der Waals surface area contributed by atoms with E-state index in [2.05, 4.69) is 11.9 Å². The first-order valence-corrected chi connectivity index (χ1v) is 5.03. The third-order valence-electron chi connectivity index (χ3n) is 4.32. The fourth-order valence-corrected chi connectivity index (χ4v) is 3.89. The molecule has 0 N–H and O–H groups in total. The molecule has 0 aromatic rings. The molecular formula is C10H17N. The van der Waals surface area contributed by atoms with Crippen LogP contribution in [0.2, 0.25) is 0 Å². The highest BCUT2D eigenvalue weighted by Gasteiger charge is 2.50. The molecule has 1 heterocycles. The van der Waals surface area contributed by atoms with Gasteiger partial charge >= 0.3 is 0 Å². The van der Waals surface area contributed by atoms with E-state index in [4.69, 9.17) is 0 Å². The average Bonchev–Trinajstić information content (AvgIpc) is 2.53. The van der Waals surface area contributed by atoms with E-state index < -0.39 is 0 Å². The van der Waals surface area contributed by atoms with Crippen molar-refractivity contribution < 1.29 is 0 Å². The van der Waals surface area contributed by atoms with Crippen LogP contribution < -0.4 is 0 Å². The SMILES string of the molecule is CN1CC2C3CCC(C3)C2C1. The lowest BCUT2D eigenvalue weighted by Gasteiger charge is -2.22. The van der Waals surface area contributed by atoms with Crippen LogP contribution in [0.4, 0.5) is 0 Å². The van der Waals surface area contributed by atoms with E-state index in [1.807, 2.05) is 0 Å². The molecule has 62 valence electrons. The molecular weight excluding hydrogens is 134 g/mol. The summed E-state index contributed by atoms with van der Waals surface area (Å²) in [4.78, 5) is 2.54. The van der Waals surface area contributed by atoms with Crippen molar-refractivity contribution in [3.05, 3.63) is 0 Å². The second-order valence-electron chi connectivity index (χ2n) is 4.88. The van der Waals surface area contributed by atoms with Crippen molar-refractivity contribution in [2.75, 3.05) is 20.1 Å². The van der Waals surface area contributed by atoms with Crippen LogP contribution >= 0.6 is 0 Å². The molecule has 0 radical (unpaired) electrons. The summed E-state index contributed by atoms with van der Waals surface area (Å²) in [5, 5.41) is 0. The van der Waals surface area contributed by atoms with Crippen molar-refractivity contribution in [2.24, 2.45) is 23.7 Å². The van der Waals surface area contributed by atoms with Crippen LogP contribution in [0.1, 0.15) is 19.3 Å². The Bertz CT molecular complexity index is 160. The van der Waals surface area contributed by atoms with E-state index in [-0.39, 0.29) is 0 Å². The van der Waals surface area contributed by atoms with Crippen molar-refractivity contribution in [1.29, 1.82) is 0 Å². The molecule has 1 saturated heterocycles. The van der Waals surface area contributed by atoms with Crippen LogP contribution in [0, 0.1) is 23.7 Å². The molecule has 0 amide bonds. The number of likely N-dealkylation sites (tertiary alicyclic amines) is 1. The second-order valence-corrected chi connectivity index (χ2v) is 4.88. The van der Waals surface area contributed by atoms with Gasteiger partial charge in [-0.25, -0.2) is 0 Å². The number of rotatable bonds is 0. The Morgan fingerprint density at radius 3 is 2.09 bits per heavy atom. The number of nitrogens with zero attached hydrogens (tertiary/aromatic N) is 1. The number of hydrogen-bond acceptors (Lipinski definition) is 1. The van der Waals surface area contributed by atoms with Gasteiger partial charge in [-0.2, -0.15) is 0 Å². The maximum Gasteiger partial charge on any atom is 0.00126 e. The highest BCUT2D eigenvalue weighted by atomic mass is 15.1. The van der Waals surface area contributed by atoms with Gasteiger partial charge in [-0.1, -0.05) is 0 Å². The third kappa shape index (κ3) is 0.752. The normalized spacial score (nSPS) is 55.4. The summed E-state index contributed by atoms with van der Waals surface area (Å²) in [6, 6.07) is 0. The number of fused-ring (bicyclic) bond motifs is 5. The van der Waals surface area contributed by atoms with Gasteiger partial charge in [0.25, 0.3) is 0 Å². The van der Waals surface area contributed by atoms with Gasteiger partial charge in [0.15, 0.2) is 0 Å². The van der Waals surface area contributed by atoms with E-state index >= 15 is 0 Å². The molecule has 3 aliphatic rings.